The Labute approximate surface area is 271 Å². The standard InChI is InChI=1S/C32H29N5O4S2.BrH/c38-31(15-7-10-24-36-22-8-2-9-23-36)42-29-14-6-5-13-28(29)32(39)34-25-16-18-27(19-17-25)43(40,41)35-30-20-21-33-37(30)26-11-3-1-4-12-26;/h1-6,8-9,11-14,16-23H,7,10,15,24H2,(H-,33,34,35,39);1H. The van der Waals surface area contributed by atoms with Crippen LogP contribution in [0.5, 0.6) is 0 Å². The highest BCUT2D eigenvalue weighted by Crippen LogP contribution is 2.27. The second kappa shape index (κ2) is 15.5. The fourth-order valence-electron chi connectivity index (χ4n) is 4.33. The van der Waals surface area contributed by atoms with Crippen LogP contribution in [0, 0.1) is 0 Å². The average molecular weight is 693 g/mol. The van der Waals surface area contributed by atoms with E-state index in [0.29, 0.717) is 34.1 Å². The number of thioether (sulfide) groups is 1. The Morgan fingerprint density at radius 1 is 0.818 bits per heavy atom. The molecule has 0 bridgehead atoms. The maximum atomic E-state index is 13.1. The van der Waals surface area contributed by atoms with Gasteiger partial charge in [-0.15, -0.1) is 0 Å². The molecule has 5 rings (SSSR count). The summed E-state index contributed by atoms with van der Waals surface area (Å²) in [5.41, 5.74) is 1.50. The number of nitrogens with zero attached hydrogens (tertiary/aromatic N) is 3. The Kier molecular flexibility index (Phi) is 11.5. The number of amides is 1. The first-order valence-electron chi connectivity index (χ1n) is 13.7. The van der Waals surface area contributed by atoms with Crippen molar-refractivity contribution in [2.75, 3.05) is 10.0 Å². The molecular formula is C32H30BrN5O4S2. The summed E-state index contributed by atoms with van der Waals surface area (Å²) >= 11 is 1.06. The summed E-state index contributed by atoms with van der Waals surface area (Å²) in [4.78, 5) is 26.4. The van der Waals surface area contributed by atoms with Gasteiger partial charge in [0.2, 0.25) is 0 Å². The van der Waals surface area contributed by atoms with E-state index in [0.717, 1.165) is 31.1 Å². The molecule has 0 atom stereocenters. The third-order valence-corrected chi connectivity index (χ3v) is 8.86. The summed E-state index contributed by atoms with van der Waals surface area (Å²) in [7, 11) is -3.92. The lowest BCUT2D eigenvalue weighted by Gasteiger charge is -2.12. The molecule has 0 radical (unpaired) electrons. The molecule has 1 amide bonds. The molecule has 0 saturated heterocycles. The predicted molar refractivity (Wildman–Crippen MR) is 167 cm³/mol. The Bertz CT molecular complexity index is 1800. The first-order valence-corrected chi connectivity index (χ1v) is 16.0. The zero-order chi connectivity index (χ0) is 30.1. The summed E-state index contributed by atoms with van der Waals surface area (Å²) in [6, 6.07) is 29.5. The zero-order valence-electron chi connectivity index (χ0n) is 23.5. The molecule has 3 aromatic carbocycles. The van der Waals surface area contributed by atoms with E-state index in [4.69, 9.17) is 0 Å². The number of halogens is 1. The zero-order valence-corrected chi connectivity index (χ0v) is 26.8. The molecule has 2 aromatic heterocycles. The van der Waals surface area contributed by atoms with Crippen molar-refractivity contribution in [3.63, 3.8) is 0 Å². The highest BCUT2D eigenvalue weighted by Gasteiger charge is 2.19. The van der Waals surface area contributed by atoms with Gasteiger partial charge in [-0.3, -0.25) is 14.3 Å². The van der Waals surface area contributed by atoms with E-state index in [1.165, 1.54) is 35.1 Å². The minimum absolute atomic E-state index is 0. The van der Waals surface area contributed by atoms with Gasteiger partial charge in [0.05, 0.1) is 22.3 Å². The summed E-state index contributed by atoms with van der Waals surface area (Å²) in [5, 5.41) is 7.01. The molecule has 0 unspecified atom stereocenters. The minimum atomic E-state index is -3.92. The Hall–Kier alpha value is -4.26. The second-order valence-electron chi connectivity index (χ2n) is 9.59. The van der Waals surface area contributed by atoms with Gasteiger partial charge >= 0.3 is 0 Å². The largest absolute Gasteiger partial charge is 1.00 e. The molecule has 9 nitrogen and oxygen atoms in total. The quantitative estimate of drug-likeness (QED) is 0.118. The van der Waals surface area contributed by atoms with E-state index in [1.807, 2.05) is 60.9 Å². The summed E-state index contributed by atoms with van der Waals surface area (Å²) in [6.07, 6.45) is 7.54. The number of para-hydroxylation sites is 1. The van der Waals surface area contributed by atoms with Crippen molar-refractivity contribution in [2.24, 2.45) is 0 Å². The van der Waals surface area contributed by atoms with Crippen LogP contribution >= 0.6 is 11.8 Å². The van der Waals surface area contributed by atoms with Crippen LogP contribution in [0.4, 0.5) is 11.5 Å². The van der Waals surface area contributed by atoms with Gasteiger partial charge in [-0.25, -0.2) is 17.7 Å². The van der Waals surface area contributed by atoms with E-state index in [2.05, 4.69) is 19.7 Å². The molecule has 5 aromatic rings. The fraction of sp³-hybridized carbons (Fsp3) is 0.125. The van der Waals surface area contributed by atoms with Gasteiger partial charge in [-0.2, -0.15) is 5.10 Å². The maximum Gasteiger partial charge on any atom is 0.263 e. The molecule has 2 heterocycles. The minimum Gasteiger partial charge on any atom is -1.00 e. The van der Waals surface area contributed by atoms with Crippen LogP contribution in [0.15, 0.2) is 132 Å². The topological polar surface area (TPSA) is 114 Å². The summed E-state index contributed by atoms with van der Waals surface area (Å²) < 4.78 is 32.3. The second-order valence-corrected chi connectivity index (χ2v) is 12.4. The first kappa shape index (κ1) is 32.6. The molecule has 12 heteroatoms. The van der Waals surface area contributed by atoms with Gasteiger partial charge < -0.3 is 22.3 Å². The number of nitrogens with one attached hydrogen (secondary N) is 2. The van der Waals surface area contributed by atoms with Crippen molar-refractivity contribution in [2.45, 2.75) is 35.6 Å². The molecule has 0 spiro atoms. The van der Waals surface area contributed by atoms with Gasteiger partial charge in [0.25, 0.3) is 15.9 Å². The number of aromatic nitrogens is 3. The van der Waals surface area contributed by atoms with E-state index in [-0.39, 0.29) is 27.0 Å². The summed E-state index contributed by atoms with van der Waals surface area (Å²) in [5.74, 6) is -0.0980. The molecule has 0 saturated carbocycles. The number of carbonyl (C=O) groups is 2. The number of sulfonamides is 1. The molecule has 2 N–H and O–H groups in total. The lowest BCUT2D eigenvalue weighted by molar-refractivity contribution is -0.697. The monoisotopic (exact) mass is 691 g/mol. The van der Waals surface area contributed by atoms with Gasteiger partial charge in [0.15, 0.2) is 17.5 Å². The molecule has 44 heavy (non-hydrogen) atoms. The molecular weight excluding hydrogens is 662 g/mol. The van der Waals surface area contributed by atoms with Crippen LogP contribution in [0.25, 0.3) is 5.69 Å². The molecule has 0 aliphatic carbocycles. The lowest BCUT2D eigenvalue weighted by Crippen LogP contribution is -3.00. The third-order valence-electron chi connectivity index (χ3n) is 6.48. The van der Waals surface area contributed by atoms with Crippen LogP contribution in [0.3, 0.4) is 0 Å². The van der Waals surface area contributed by atoms with Crippen LogP contribution in [-0.4, -0.2) is 29.2 Å². The van der Waals surface area contributed by atoms with Gasteiger partial charge in [-0.05, 0) is 55.0 Å². The molecule has 0 aliphatic heterocycles. The van der Waals surface area contributed by atoms with E-state index in [1.54, 1.807) is 30.3 Å². The lowest BCUT2D eigenvalue weighted by atomic mass is 10.2. The first-order chi connectivity index (χ1) is 20.9. The number of unbranched alkanes of at least 4 members (excludes halogenated alkanes) is 1. The Balaban J connectivity index is 0.00000442. The van der Waals surface area contributed by atoms with Crippen molar-refractivity contribution < 1.29 is 39.6 Å². The van der Waals surface area contributed by atoms with Crippen LogP contribution in [0.2, 0.25) is 0 Å². The van der Waals surface area contributed by atoms with Crippen LogP contribution < -0.4 is 31.6 Å². The maximum absolute atomic E-state index is 13.1. The predicted octanol–water partition coefficient (Wildman–Crippen LogP) is 2.71. The molecule has 0 fully saturated rings. The average Bonchev–Trinajstić information content (AvgIpc) is 3.48. The van der Waals surface area contributed by atoms with Crippen LogP contribution in [-0.2, 0) is 21.4 Å². The number of carbonyl (C=O) groups excluding carboxylic acids is 2. The van der Waals surface area contributed by atoms with Crippen molar-refractivity contribution >= 4 is 44.3 Å². The Morgan fingerprint density at radius 3 is 2.25 bits per heavy atom. The number of pyridine rings is 1. The highest BCUT2D eigenvalue weighted by molar-refractivity contribution is 8.13. The number of hydrogen-bond acceptors (Lipinski definition) is 6. The van der Waals surface area contributed by atoms with Crippen molar-refractivity contribution in [1.29, 1.82) is 0 Å². The SMILES string of the molecule is O=C(CCCC[n+]1ccccc1)Sc1ccccc1C(=O)Nc1ccc(S(=O)(=O)Nc2ccnn2-c2ccccc2)cc1.[Br-]. The number of rotatable bonds is 12. The van der Waals surface area contributed by atoms with Gasteiger partial charge in [0, 0.05) is 41.6 Å². The van der Waals surface area contributed by atoms with Crippen LogP contribution in [0.1, 0.15) is 29.6 Å². The van der Waals surface area contributed by atoms with Crippen molar-refractivity contribution in [3.05, 3.63) is 127 Å². The normalized spacial score (nSPS) is 10.9. The van der Waals surface area contributed by atoms with Gasteiger partial charge in [0.1, 0.15) is 12.4 Å². The third kappa shape index (κ3) is 8.65. The van der Waals surface area contributed by atoms with E-state index < -0.39 is 15.9 Å². The smallest absolute Gasteiger partial charge is 0.263 e. The number of benzene rings is 3. The molecule has 0 aliphatic rings. The highest BCUT2D eigenvalue weighted by atomic mass is 79.9. The van der Waals surface area contributed by atoms with E-state index in [9.17, 15) is 18.0 Å². The van der Waals surface area contributed by atoms with E-state index >= 15 is 0 Å². The number of aryl methyl sites for hydroxylation is 1. The number of hydrogen-bond donors (Lipinski definition) is 2. The van der Waals surface area contributed by atoms with Crippen molar-refractivity contribution in [1.82, 2.24) is 9.78 Å². The Morgan fingerprint density at radius 2 is 1.50 bits per heavy atom. The fourth-order valence-corrected chi connectivity index (χ4v) is 6.28. The summed E-state index contributed by atoms with van der Waals surface area (Å²) in [6.45, 7) is 0.840. The number of anilines is 2. The van der Waals surface area contributed by atoms with Gasteiger partial charge in [-0.1, -0.05) is 48.2 Å². The van der Waals surface area contributed by atoms with Crippen molar-refractivity contribution in [3.8, 4) is 5.69 Å². The molecule has 226 valence electrons.